The summed E-state index contributed by atoms with van der Waals surface area (Å²) < 4.78 is 7.47. The molecule has 0 unspecified atom stereocenters. The topological polar surface area (TPSA) is 47.4 Å². The second-order valence-corrected chi connectivity index (χ2v) is 6.21. The molecule has 5 heteroatoms. The Labute approximate surface area is 136 Å². The summed E-state index contributed by atoms with van der Waals surface area (Å²) in [6.45, 7) is 4.98. The lowest BCUT2D eigenvalue weighted by atomic mass is 10.1. The summed E-state index contributed by atoms with van der Waals surface area (Å²) in [4.78, 5) is 19.0. The number of pyridine rings is 1. The van der Waals surface area contributed by atoms with Crippen LogP contribution in [0.4, 0.5) is 0 Å². The van der Waals surface area contributed by atoms with Crippen molar-refractivity contribution < 1.29 is 9.53 Å². The Hall–Kier alpha value is -2.14. The van der Waals surface area contributed by atoms with Crippen LogP contribution in [-0.2, 0) is 17.8 Å². The Balaban J connectivity index is 1.82. The number of fused-ring (bicyclic) bond motifs is 1. The average molecular weight is 313 g/mol. The minimum atomic E-state index is 0.00191. The molecule has 2 aromatic heterocycles. The van der Waals surface area contributed by atoms with E-state index in [4.69, 9.17) is 4.74 Å². The van der Waals surface area contributed by atoms with Crippen molar-refractivity contribution >= 4 is 5.91 Å². The van der Waals surface area contributed by atoms with Gasteiger partial charge in [0.1, 0.15) is 5.69 Å². The van der Waals surface area contributed by atoms with Crippen molar-refractivity contribution in [2.45, 2.75) is 26.4 Å². The number of aromatic nitrogens is 2. The van der Waals surface area contributed by atoms with E-state index in [-0.39, 0.29) is 5.91 Å². The van der Waals surface area contributed by atoms with Gasteiger partial charge in [-0.3, -0.25) is 9.78 Å². The maximum Gasteiger partial charge on any atom is 0.272 e. The number of carbonyl (C=O) groups is 1. The average Bonchev–Trinajstić information content (AvgIpc) is 2.91. The smallest absolute Gasteiger partial charge is 0.272 e. The van der Waals surface area contributed by atoms with Gasteiger partial charge in [-0.05, 0) is 43.0 Å². The third-order valence-electron chi connectivity index (χ3n) is 4.36. The Bertz CT molecular complexity index is 663. The van der Waals surface area contributed by atoms with Gasteiger partial charge in [-0.15, -0.1) is 0 Å². The van der Waals surface area contributed by atoms with Crippen molar-refractivity contribution in [3.63, 3.8) is 0 Å². The zero-order valence-corrected chi connectivity index (χ0v) is 13.7. The van der Waals surface area contributed by atoms with Crippen LogP contribution in [0.15, 0.2) is 36.7 Å². The van der Waals surface area contributed by atoms with Crippen molar-refractivity contribution in [3.05, 3.63) is 53.6 Å². The number of carbonyl (C=O) groups excluding carboxylic acids is 1. The predicted molar refractivity (Wildman–Crippen MR) is 88.1 cm³/mol. The zero-order chi connectivity index (χ0) is 16.2. The molecule has 0 saturated heterocycles. The van der Waals surface area contributed by atoms with Gasteiger partial charge in [-0.2, -0.15) is 0 Å². The van der Waals surface area contributed by atoms with Crippen molar-refractivity contribution in [1.82, 2.24) is 14.5 Å². The first-order chi connectivity index (χ1) is 11.2. The fourth-order valence-electron chi connectivity index (χ4n) is 3.06. The molecule has 1 atom stereocenters. The molecule has 1 amide bonds. The van der Waals surface area contributed by atoms with Gasteiger partial charge in [-0.25, -0.2) is 0 Å². The lowest BCUT2D eigenvalue weighted by molar-refractivity contribution is 0.0699. The van der Waals surface area contributed by atoms with Crippen LogP contribution in [0.5, 0.6) is 0 Å². The van der Waals surface area contributed by atoms with Crippen LogP contribution < -0.4 is 0 Å². The van der Waals surface area contributed by atoms with Gasteiger partial charge in [0.25, 0.3) is 5.91 Å². The quantitative estimate of drug-likeness (QED) is 0.871. The van der Waals surface area contributed by atoms with E-state index < -0.39 is 0 Å². The molecular weight excluding hydrogens is 290 g/mol. The molecule has 5 nitrogen and oxygen atoms in total. The van der Waals surface area contributed by atoms with Crippen LogP contribution in [0.25, 0.3) is 0 Å². The van der Waals surface area contributed by atoms with E-state index in [0.717, 1.165) is 25.1 Å². The summed E-state index contributed by atoms with van der Waals surface area (Å²) in [5, 5.41) is 0. The molecule has 0 aromatic carbocycles. The highest BCUT2D eigenvalue weighted by Crippen LogP contribution is 2.21. The molecule has 3 heterocycles. The first kappa shape index (κ1) is 15.7. The van der Waals surface area contributed by atoms with Crippen LogP contribution in [0, 0.1) is 12.8 Å². The van der Waals surface area contributed by atoms with Crippen LogP contribution in [0.3, 0.4) is 0 Å². The standard InChI is InChI=1S/C18H23N3O2/c1-14-5-6-17(19-10-14)18(22)21-12-15(7-9-23-2)11-20-8-3-4-16(20)13-21/h3-6,8,10,15H,7,9,11-13H2,1-2H3/t15-/m0/s1. The van der Waals surface area contributed by atoms with Gasteiger partial charge in [0, 0.05) is 44.9 Å². The number of hydrogen-bond acceptors (Lipinski definition) is 3. The maximum atomic E-state index is 12.8. The van der Waals surface area contributed by atoms with Gasteiger partial charge >= 0.3 is 0 Å². The third-order valence-corrected chi connectivity index (χ3v) is 4.36. The van der Waals surface area contributed by atoms with Crippen molar-refractivity contribution in [1.29, 1.82) is 0 Å². The summed E-state index contributed by atoms with van der Waals surface area (Å²) in [5.41, 5.74) is 2.75. The largest absolute Gasteiger partial charge is 0.385 e. The minimum Gasteiger partial charge on any atom is -0.385 e. The van der Waals surface area contributed by atoms with Crippen molar-refractivity contribution in [2.24, 2.45) is 5.92 Å². The number of amides is 1. The Morgan fingerprint density at radius 3 is 2.96 bits per heavy atom. The summed E-state index contributed by atoms with van der Waals surface area (Å²) in [6, 6.07) is 7.87. The first-order valence-corrected chi connectivity index (χ1v) is 8.02. The normalized spacial score (nSPS) is 17.7. The fraction of sp³-hybridized carbons (Fsp3) is 0.444. The minimum absolute atomic E-state index is 0.00191. The number of methoxy groups -OCH3 is 1. The third kappa shape index (κ3) is 3.62. The van der Waals surface area contributed by atoms with Crippen molar-refractivity contribution in [3.8, 4) is 0 Å². The predicted octanol–water partition coefficient (Wildman–Crippen LogP) is 2.50. The maximum absolute atomic E-state index is 12.8. The highest BCUT2D eigenvalue weighted by atomic mass is 16.5. The Morgan fingerprint density at radius 2 is 2.22 bits per heavy atom. The number of nitrogens with zero attached hydrogens (tertiary/aromatic N) is 3. The number of aryl methyl sites for hydroxylation is 1. The van der Waals surface area contributed by atoms with Gasteiger partial charge in [-0.1, -0.05) is 6.07 Å². The van der Waals surface area contributed by atoms with E-state index in [9.17, 15) is 4.79 Å². The number of rotatable bonds is 4. The van der Waals surface area contributed by atoms with Gasteiger partial charge in [0.2, 0.25) is 0 Å². The monoisotopic (exact) mass is 313 g/mol. The van der Waals surface area contributed by atoms with Crippen LogP contribution in [-0.4, -0.2) is 40.6 Å². The highest BCUT2D eigenvalue weighted by molar-refractivity contribution is 5.92. The lowest BCUT2D eigenvalue weighted by Crippen LogP contribution is -2.34. The molecule has 1 aliphatic rings. The van der Waals surface area contributed by atoms with E-state index in [1.54, 1.807) is 13.3 Å². The molecule has 0 fully saturated rings. The highest BCUT2D eigenvalue weighted by Gasteiger charge is 2.26. The van der Waals surface area contributed by atoms with Gasteiger partial charge in [0.05, 0.1) is 6.54 Å². The second-order valence-electron chi connectivity index (χ2n) is 6.21. The molecule has 0 aliphatic carbocycles. The SMILES string of the molecule is COCC[C@@H]1CN(C(=O)c2ccc(C)cn2)Cc2cccn2C1. The molecule has 0 bridgehead atoms. The van der Waals surface area contributed by atoms with Crippen LogP contribution in [0.2, 0.25) is 0 Å². The molecule has 0 spiro atoms. The summed E-state index contributed by atoms with van der Waals surface area (Å²) in [7, 11) is 1.72. The summed E-state index contributed by atoms with van der Waals surface area (Å²) >= 11 is 0. The first-order valence-electron chi connectivity index (χ1n) is 8.02. The molecular formula is C18H23N3O2. The summed E-state index contributed by atoms with van der Waals surface area (Å²) in [5.74, 6) is 0.389. The van der Waals surface area contributed by atoms with Gasteiger partial charge in [0.15, 0.2) is 0 Å². The summed E-state index contributed by atoms with van der Waals surface area (Å²) in [6.07, 6.45) is 4.78. The van der Waals surface area contributed by atoms with Gasteiger partial charge < -0.3 is 14.2 Å². The second kappa shape index (κ2) is 6.96. The molecule has 3 rings (SSSR count). The fourth-order valence-corrected chi connectivity index (χ4v) is 3.06. The van der Waals surface area contributed by atoms with E-state index in [1.807, 2.05) is 30.0 Å². The van der Waals surface area contributed by atoms with Crippen LogP contribution >= 0.6 is 0 Å². The molecule has 122 valence electrons. The molecule has 0 radical (unpaired) electrons. The number of ether oxygens (including phenoxy) is 1. The zero-order valence-electron chi connectivity index (χ0n) is 13.7. The number of hydrogen-bond donors (Lipinski definition) is 0. The van der Waals surface area contributed by atoms with E-state index >= 15 is 0 Å². The van der Waals surface area contributed by atoms with E-state index in [2.05, 4.69) is 21.8 Å². The molecule has 0 saturated carbocycles. The van der Waals surface area contributed by atoms with Crippen molar-refractivity contribution in [2.75, 3.05) is 20.3 Å². The molecule has 0 N–H and O–H groups in total. The molecule has 1 aliphatic heterocycles. The van der Waals surface area contributed by atoms with E-state index in [0.29, 0.717) is 24.8 Å². The Morgan fingerprint density at radius 1 is 1.35 bits per heavy atom. The lowest BCUT2D eigenvalue weighted by Gasteiger charge is -2.24. The molecule has 2 aromatic rings. The van der Waals surface area contributed by atoms with E-state index in [1.165, 1.54) is 5.69 Å². The Kier molecular flexibility index (Phi) is 4.76. The molecule has 23 heavy (non-hydrogen) atoms. The van der Waals surface area contributed by atoms with Crippen LogP contribution in [0.1, 0.15) is 28.2 Å².